The number of nitrogen functional groups attached to an aromatic ring is 1. The topological polar surface area (TPSA) is 52.3 Å². The summed E-state index contributed by atoms with van der Waals surface area (Å²) in [7, 11) is 0. The number of hydrogen-bond donors (Lipinski definition) is 1. The van der Waals surface area contributed by atoms with Crippen LogP contribution in [0.5, 0.6) is 5.75 Å². The lowest BCUT2D eigenvalue weighted by Crippen LogP contribution is -2.19. The molecule has 0 unspecified atom stereocenters. The first kappa shape index (κ1) is 11.3. The normalized spacial score (nSPS) is 11.2. The maximum atomic E-state index is 13.0. The molecule has 0 aliphatic carbocycles. The maximum absolute atomic E-state index is 13.0. The number of aldehydes is 1. The third kappa shape index (κ3) is 2.83. The van der Waals surface area contributed by atoms with Crippen molar-refractivity contribution in [2.75, 3.05) is 5.73 Å². The summed E-state index contributed by atoms with van der Waals surface area (Å²) in [6.07, 6.45) is -4.77. The molecule has 0 fully saturated rings. The fourth-order valence-electron chi connectivity index (χ4n) is 0.928. The minimum Gasteiger partial charge on any atom is -0.400 e. The van der Waals surface area contributed by atoms with Crippen LogP contribution in [0.1, 0.15) is 10.4 Å². The molecule has 0 atom stereocenters. The zero-order valence-electron chi connectivity index (χ0n) is 7.14. The molecule has 0 saturated carbocycles. The van der Waals surface area contributed by atoms with E-state index >= 15 is 0 Å². The Kier molecular flexibility index (Phi) is 2.83. The molecule has 0 radical (unpaired) electrons. The first-order chi connectivity index (χ1) is 6.83. The van der Waals surface area contributed by atoms with Crippen molar-refractivity contribution in [3.05, 3.63) is 23.5 Å². The Morgan fingerprint density at radius 3 is 2.33 bits per heavy atom. The molecule has 82 valence electrons. The quantitative estimate of drug-likeness (QED) is 0.474. The summed E-state index contributed by atoms with van der Waals surface area (Å²) in [6.45, 7) is 0. The maximum Gasteiger partial charge on any atom is 0.573 e. The Balaban J connectivity index is 3.14. The van der Waals surface area contributed by atoms with Gasteiger partial charge in [-0.25, -0.2) is 4.39 Å². The van der Waals surface area contributed by atoms with Gasteiger partial charge in [0.15, 0.2) is 11.6 Å². The molecule has 0 saturated heterocycles. The van der Waals surface area contributed by atoms with Crippen LogP contribution in [0.15, 0.2) is 12.1 Å². The molecule has 1 rings (SSSR count). The van der Waals surface area contributed by atoms with Gasteiger partial charge in [-0.05, 0) is 12.1 Å². The number of carbonyl (C=O) groups is 1. The van der Waals surface area contributed by atoms with Crippen LogP contribution in [0, 0.1) is 5.82 Å². The molecule has 0 spiro atoms. The van der Waals surface area contributed by atoms with Crippen molar-refractivity contribution < 1.29 is 27.1 Å². The van der Waals surface area contributed by atoms with Crippen LogP contribution in [-0.2, 0) is 0 Å². The van der Waals surface area contributed by atoms with E-state index in [1.807, 2.05) is 0 Å². The zero-order valence-corrected chi connectivity index (χ0v) is 7.14. The first-order valence-corrected chi connectivity index (χ1v) is 3.63. The Morgan fingerprint density at radius 1 is 1.33 bits per heavy atom. The summed E-state index contributed by atoms with van der Waals surface area (Å²) in [4.78, 5) is 10.2. The zero-order chi connectivity index (χ0) is 11.6. The van der Waals surface area contributed by atoms with Gasteiger partial charge in [0.1, 0.15) is 6.29 Å². The predicted molar refractivity (Wildman–Crippen MR) is 42.9 cm³/mol. The summed E-state index contributed by atoms with van der Waals surface area (Å²) in [5.41, 5.74) is 4.33. The van der Waals surface area contributed by atoms with Crippen molar-refractivity contribution in [3.63, 3.8) is 0 Å². The van der Waals surface area contributed by atoms with Crippen molar-refractivity contribution >= 4 is 12.0 Å². The summed E-state index contributed by atoms with van der Waals surface area (Å²) in [5.74, 6) is -2.47. The lowest BCUT2D eigenvalue weighted by atomic mass is 10.2. The van der Waals surface area contributed by atoms with E-state index in [4.69, 9.17) is 5.73 Å². The fraction of sp³-hybridized carbons (Fsp3) is 0.125. The minimum atomic E-state index is -5.03. The van der Waals surface area contributed by atoms with E-state index in [0.29, 0.717) is 6.07 Å². The summed E-state index contributed by atoms with van der Waals surface area (Å²) in [5, 5.41) is 0. The highest BCUT2D eigenvalue weighted by molar-refractivity contribution is 5.78. The molecule has 0 aromatic heterocycles. The number of halogens is 4. The molecular formula is C8H5F4NO2. The molecule has 7 heteroatoms. The third-order valence-electron chi connectivity index (χ3n) is 1.45. The number of carbonyl (C=O) groups excluding carboxylic acids is 1. The van der Waals surface area contributed by atoms with E-state index in [1.54, 1.807) is 0 Å². The van der Waals surface area contributed by atoms with Gasteiger partial charge in [0, 0.05) is 5.56 Å². The van der Waals surface area contributed by atoms with E-state index < -0.39 is 23.6 Å². The summed E-state index contributed by atoms with van der Waals surface area (Å²) < 4.78 is 51.6. The highest BCUT2D eigenvalue weighted by atomic mass is 19.4. The van der Waals surface area contributed by atoms with Crippen molar-refractivity contribution in [2.24, 2.45) is 0 Å². The van der Waals surface area contributed by atoms with Crippen LogP contribution in [-0.4, -0.2) is 12.6 Å². The Bertz CT molecular complexity index is 366. The molecule has 3 nitrogen and oxygen atoms in total. The van der Waals surface area contributed by atoms with Gasteiger partial charge in [0.05, 0.1) is 5.69 Å². The lowest BCUT2D eigenvalue weighted by Gasteiger charge is -2.11. The van der Waals surface area contributed by atoms with Gasteiger partial charge in [0.25, 0.3) is 0 Å². The van der Waals surface area contributed by atoms with Gasteiger partial charge in [0.2, 0.25) is 0 Å². The molecule has 1 aromatic carbocycles. The second kappa shape index (κ2) is 3.76. The van der Waals surface area contributed by atoms with Crippen molar-refractivity contribution in [1.29, 1.82) is 0 Å². The number of ether oxygens (including phenoxy) is 1. The molecule has 0 aliphatic heterocycles. The molecule has 0 bridgehead atoms. The van der Waals surface area contributed by atoms with Gasteiger partial charge in [-0.1, -0.05) is 0 Å². The smallest absolute Gasteiger partial charge is 0.400 e. The lowest BCUT2D eigenvalue weighted by molar-refractivity contribution is -0.275. The van der Waals surface area contributed by atoms with Crippen LogP contribution in [0.4, 0.5) is 23.2 Å². The predicted octanol–water partition coefficient (Wildman–Crippen LogP) is 2.12. The molecule has 1 aromatic rings. The second-order valence-corrected chi connectivity index (χ2v) is 2.59. The average molecular weight is 223 g/mol. The number of alkyl halides is 3. The summed E-state index contributed by atoms with van der Waals surface area (Å²) in [6, 6.07) is 1.49. The van der Waals surface area contributed by atoms with Crippen LogP contribution >= 0.6 is 0 Å². The number of anilines is 1. The van der Waals surface area contributed by atoms with E-state index in [0.717, 1.165) is 6.07 Å². The van der Waals surface area contributed by atoms with E-state index in [9.17, 15) is 22.4 Å². The summed E-state index contributed by atoms with van der Waals surface area (Å²) >= 11 is 0. The van der Waals surface area contributed by atoms with Gasteiger partial charge in [-0.3, -0.25) is 4.79 Å². The van der Waals surface area contributed by atoms with Crippen molar-refractivity contribution in [3.8, 4) is 5.75 Å². The largest absolute Gasteiger partial charge is 0.573 e. The standard InChI is InChI=1S/C8H5F4NO2/c9-5-1-4(3-14)2-6(13)7(5)15-8(10,11)12/h1-3H,13H2. The van der Waals surface area contributed by atoms with Crippen LogP contribution in [0.2, 0.25) is 0 Å². The number of benzene rings is 1. The van der Waals surface area contributed by atoms with Gasteiger partial charge in [-0.15, -0.1) is 13.2 Å². The highest BCUT2D eigenvalue weighted by Crippen LogP contribution is 2.31. The van der Waals surface area contributed by atoms with Gasteiger partial charge in [-0.2, -0.15) is 0 Å². The Morgan fingerprint density at radius 2 is 1.93 bits per heavy atom. The van der Waals surface area contributed by atoms with Gasteiger partial charge < -0.3 is 10.5 Å². The first-order valence-electron chi connectivity index (χ1n) is 3.63. The van der Waals surface area contributed by atoms with Gasteiger partial charge >= 0.3 is 6.36 Å². The van der Waals surface area contributed by atoms with E-state index in [1.165, 1.54) is 0 Å². The SMILES string of the molecule is Nc1cc(C=O)cc(F)c1OC(F)(F)F. The van der Waals surface area contributed by atoms with Crippen LogP contribution in [0.25, 0.3) is 0 Å². The average Bonchev–Trinajstić information content (AvgIpc) is 2.09. The molecule has 0 amide bonds. The second-order valence-electron chi connectivity index (χ2n) is 2.59. The fourth-order valence-corrected chi connectivity index (χ4v) is 0.928. The Hall–Kier alpha value is -1.79. The van der Waals surface area contributed by atoms with Crippen LogP contribution < -0.4 is 10.5 Å². The Labute approximate surface area is 81.4 Å². The molecule has 2 N–H and O–H groups in total. The molecule has 0 aliphatic rings. The van der Waals surface area contributed by atoms with Crippen molar-refractivity contribution in [2.45, 2.75) is 6.36 Å². The monoisotopic (exact) mass is 223 g/mol. The number of nitrogens with two attached hydrogens (primary N) is 1. The van der Waals surface area contributed by atoms with Crippen molar-refractivity contribution in [1.82, 2.24) is 0 Å². The highest BCUT2D eigenvalue weighted by Gasteiger charge is 2.33. The molecule has 0 heterocycles. The molecular weight excluding hydrogens is 218 g/mol. The number of hydrogen-bond acceptors (Lipinski definition) is 3. The molecule has 15 heavy (non-hydrogen) atoms. The minimum absolute atomic E-state index is 0.167. The van der Waals surface area contributed by atoms with E-state index in [2.05, 4.69) is 4.74 Å². The van der Waals surface area contributed by atoms with E-state index in [-0.39, 0.29) is 11.8 Å². The third-order valence-corrected chi connectivity index (χ3v) is 1.45. The van der Waals surface area contributed by atoms with Crippen LogP contribution in [0.3, 0.4) is 0 Å². The number of rotatable bonds is 2.